The van der Waals surface area contributed by atoms with E-state index in [9.17, 15) is 0 Å². The summed E-state index contributed by atoms with van der Waals surface area (Å²) >= 11 is 0. The molecule has 0 bridgehead atoms. The Kier molecular flexibility index (Phi) is 19.6. The molecule has 0 radical (unpaired) electrons. The van der Waals surface area contributed by atoms with Gasteiger partial charge in [-0.05, 0) is 117 Å². The Morgan fingerprint density at radius 3 is 0.806 bits per heavy atom. The van der Waals surface area contributed by atoms with Gasteiger partial charge in [0.1, 0.15) is 0 Å². The highest BCUT2D eigenvalue weighted by atomic mass is 14.3. The Hall–Kier alpha value is -6.24. The van der Waals surface area contributed by atoms with Gasteiger partial charge in [0, 0.05) is 5.41 Å². The Balaban J connectivity index is 0.000000218. The minimum atomic E-state index is 0. The van der Waals surface area contributed by atoms with Crippen molar-refractivity contribution in [1.82, 2.24) is 0 Å². The highest BCUT2D eigenvalue weighted by Crippen LogP contribution is 2.32. The fourth-order valence-electron chi connectivity index (χ4n) is 7.00. The first kappa shape index (κ1) is 50.1. The van der Waals surface area contributed by atoms with E-state index in [4.69, 9.17) is 0 Å². The third-order valence-corrected chi connectivity index (χ3v) is 11.2. The third-order valence-electron chi connectivity index (χ3n) is 11.2. The smallest absolute Gasteiger partial charge is 0.0146 e. The molecule has 0 heterocycles. The molecule has 0 atom stereocenters. The van der Waals surface area contributed by atoms with Crippen LogP contribution in [0.3, 0.4) is 0 Å². The van der Waals surface area contributed by atoms with Crippen molar-refractivity contribution in [1.29, 1.82) is 0 Å². The van der Waals surface area contributed by atoms with Crippen LogP contribution in [-0.2, 0) is 11.8 Å². The van der Waals surface area contributed by atoms with Crippen molar-refractivity contribution in [3.63, 3.8) is 0 Å². The highest BCUT2D eigenvalue weighted by Gasteiger charge is 2.22. The fraction of sp³-hybridized carbons (Fsp3) is 0.226. The topological polar surface area (TPSA) is 0 Å². The van der Waals surface area contributed by atoms with Crippen molar-refractivity contribution in [2.24, 2.45) is 0 Å². The van der Waals surface area contributed by atoms with Gasteiger partial charge in [-0.3, -0.25) is 0 Å². The van der Waals surface area contributed by atoms with Crippen LogP contribution in [0.15, 0.2) is 194 Å². The fourth-order valence-corrected chi connectivity index (χ4v) is 7.00. The molecule has 0 amide bonds. The first-order valence-corrected chi connectivity index (χ1v) is 21.3. The number of rotatable bonds is 6. The Morgan fingerprint density at radius 1 is 0.290 bits per heavy atom. The maximum Gasteiger partial charge on any atom is 0.0146 e. The Morgan fingerprint density at radius 2 is 0.532 bits per heavy atom. The van der Waals surface area contributed by atoms with Crippen LogP contribution in [0.1, 0.15) is 95.5 Å². The van der Waals surface area contributed by atoms with E-state index in [-0.39, 0.29) is 20.3 Å². The molecule has 0 spiro atoms. The Bertz CT molecular complexity index is 2300. The lowest BCUT2D eigenvalue weighted by atomic mass is 9.78. The van der Waals surface area contributed by atoms with E-state index in [1.165, 1.54) is 89.0 Å². The minimum absolute atomic E-state index is 0. The summed E-state index contributed by atoms with van der Waals surface area (Å²) in [5.74, 6) is 0. The first-order chi connectivity index (χ1) is 28.8. The van der Waals surface area contributed by atoms with Crippen molar-refractivity contribution >= 4 is 0 Å². The van der Waals surface area contributed by atoms with Gasteiger partial charge in [-0.25, -0.2) is 0 Å². The van der Waals surface area contributed by atoms with Crippen LogP contribution in [0.5, 0.6) is 0 Å². The van der Waals surface area contributed by atoms with Crippen LogP contribution in [0.25, 0.3) is 22.3 Å². The molecule has 0 aliphatic carbocycles. The largest absolute Gasteiger partial charge is 0.0776 e. The molecule has 0 aliphatic rings. The number of benzene rings is 8. The van der Waals surface area contributed by atoms with Gasteiger partial charge in [0.25, 0.3) is 0 Å². The predicted molar refractivity (Wildman–Crippen MR) is 276 cm³/mol. The molecule has 62 heavy (non-hydrogen) atoms. The Labute approximate surface area is 377 Å². The summed E-state index contributed by atoms with van der Waals surface area (Å²) in [5.41, 5.74) is 21.4. The summed E-state index contributed by atoms with van der Waals surface area (Å²) in [5, 5.41) is 0. The molecule has 8 aromatic carbocycles. The third kappa shape index (κ3) is 15.0. The van der Waals surface area contributed by atoms with Gasteiger partial charge in [0.15, 0.2) is 0 Å². The van der Waals surface area contributed by atoms with Crippen LogP contribution in [0.2, 0.25) is 0 Å². The van der Waals surface area contributed by atoms with Crippen LogP contribution < -0.4 is 0 Å². The summed E-state index contributed by atoms with van der Waals surface area (Å²) < 4.78 is 0. The van der Waals surface area contributed by atoms with Crippen LogP contribution in [0.4, 0.5) is 0 Å². The molecule has 0 fully saturated rings. The predicted octanol–water partition coefficient (Wildman–Crippen LogP) is 17.7. The van der Waals surface area contributed by atoms with Gasteiger partial charge in [0.05, 0.1) is 0 Å². The van der Waals surface area contributed by atoms with Crippen LogP contribution >= 0.6 is 0 Å². The van der Waals surface area contributed by atoms with Crippen molar-refractivity contribution in [3.8, 4) is 22.3 Å². The first-order valence-electron chi connectivity index (χ1n) is 21.3. The summed E-state index contributed by atoms with van der Waals surface area (Å²) in [4.78, 5) is 0. The second-order valence-corrected chi connectivity index (χ2v) is 16.9. The molecule has 0 N–H and O–H groups in total. The summed E-state index contributed by atoms with van der Waals surface area (Å²) in [7, 11) is 0. The molecule has 8 rings (SSSR count). The molecular formula is C62H72. The standard InChI is InChI=1S/C17H20.C15H16.2C14H14.2CH4/c1-13-5-9-15(10-6-13)17(3,4)16-11-7-14(2)8-12-16;1-12-3-7-14(8-4-12)11-15-9-5-13(2)6-10-15;1-11-3-7-13(8-4-11)14-9-5-12(2)6-10-14;1-11-7-3-5-9-13(11)14-10-6-4-8-12(14)2;;/h5-12H,1-4H3;3-10H,11H2,1-2H3;2*3-10H,1-2H3;2*1H4. The van der Waals surface area contributed by atoms with Crippen LogP contribution in [0, 0.1) is 55.4 Å². The van der Waals surface area contributed by atoms with E-state index in [0.717, 1.165) is 6.42 Å². The maximum atomic E-state index is 2.28. The van der Waals surface area contributed by atoms with E-state index in [2.05, 4.69) is 263 Å². The van der Waals surface area contributed by atoms with E-state index in [1.807, 2.05) is 0 Å². The number of hydrogen-bond donors (Lipinski definition) is 0. The van der Waals surface area contributed by atoms with Gasteiger partial charge in [0.2, 0.25) is 0 Å². The SMILES string of the molecule is C.C.Cc1ccc(-c2ccc(C)cc2)cc1.Cc1ccc(C(C)(C)c2ccc(C)cc2)cc1.Cc1ccc(Cc2ccc(C)cc2)cc1.Cc1ccccc1-c1ccccc1C. The molecule has 0 unspecified atom stereocenters. The van der Waals surface area contributed by atoms with Gasteiger partial charge < -0.3 is 0 Å². The average Bonchev–Trinajstić information content (AvgIpc) is 3.25. The second-order valence-electron chi connectivity index (χ2n) is 16.9. The maximum absolute atomic E-state index is 2.28. The molecule has 0 aromatic heterocycles. The monoisotopic (exact) mass is 817 g/mol. The van der Waals surface area contributed by atoms with E-state index in [0.29, 0.717) is 0 Å². The zero-order valence-corrected chi connectivity index (χ0v) is 37.7. The van der Waals surface area contributed by atoms with Crippen molar-refractivity contribution in [2.75, 3.05) is 0 Å². The zero-order valence-electron chi connectivity index (χ0n) is 37.7. The van der Waals surface area contributed by atoms with Gasteiger partial charge in [-0.1, -0.05) is 256 Å². The normalized spacial score (nSPS) is 10.2. The summed E-state index contributed by atoms with van der Waals surface area (Å²) in [6, 6.07) is 69.4. The lowest BCUT2D eigenvalue weighted by Crippen LogP contribution is -2.18. The molecule has 320 valence electrons. The molecule has 0 saturated heterocycles. The lowest BCUT2D eigenvalue weighted by molar-refractivity contribution is 0.640. The molecule has 8 aromatic rings. The van der Waals surface area contributed by atoms with E-state index >= 15 is 0 Å². The molecule has 0 heteroatoms. The quantitative estimate of drug-likeness (QED) is 0.157. The van der Waals surface area contributed by atoms with Gasteiger partial charge in [-0.15, -0.1) is 0 Å². The van der Waals surface area contributed by atoms with Gasteiger partial charge >= 0.3 is 0 Å². The molecule has 0 aliphatic heterocycles. The van der Waals surface area contributed by atoms with Gasteiger partial charge in [-0.2, -0.15) is 0 Å². The summed E-state index contributed by atoms with van der Waals surface area (Å²) in [6.07, 6.45) is 1.03. The van der Waals surface area contributed by atoms with Crippen LogP contribution in [-0.4, -0.2) is 0 Å². The minimum Gasteiger partial charge on any atom is -0.0776 e. The van der Waals surface area contributed by atoms with E-state index in [1.54, 1.807) is 0 Å². The van der Waals surface area contributed by atoms with Crippen molar-refractivity contribution < 1.29 is 0 Å². The molecule has 0 saturated carbocycles. The average molecular weight is 817 g/mol. The molecule has 0 nitrogen and oxygen atoms in total. The van der Waals surface area contributed by atoms with E-state index < -0.39 is 0 Å². The highest BCUT2D eigenvalue weighted by molar-refractivity contribution is 5.70. The molecular weight excluding hydrogens is 745 g/mol. The van der Waals surface area contributed by atoms with Crippen molar-refractivity contribution in [3.05, 3.63) is 261 Å². The lowest BCUT2D eigenvalue weighted by Gasteiger charge is -2.26. The zero-order chi connectivity index (χ0) is 43.1. The summed E-state index contributed by atoms with van der Waals surface area (Å²) in [6.45, 7) is 21.6. The second kappa shape index (κ2) is 24.3. The number of aryl methyl sites for hydroxylation is 8. The van der Waals surface area contributed by atoms with Crippen molar-refractivity contribution in [2.45, 2.75) is 95.9 Å². The number of hydrogen-bond acceptors (Lipinski definition) is 0.